The van der Waals surface area contributed by atoms with Crippen LogP contribution in [0.2, 0.25) is 0 Å². The molecule has 0 N–H and O–H groups in total. The maximum atomic E-state index is 12.7. The average Bonchev–Trinajstić information content (AvgIpc) is 2.47. The van der Waals surface area contributed by atoms with E-state index in [0.29, 0.717) is 11.4 Å². The molecule has 20 heavy (non-hydrogen) atoms. The number of aryl methyl sites for hydroxylation is 1. The van der Waals surface area contributed by atoms with Gasteiger partial charge in [-0.1, -0.05) is 36.4 Å². The summed E-state index contributed by atoms with van der Waals surface area (Å²) in [6.45, 7) is 1.98. The van der Waals surface area contributed by atoms with E-state index < -0.39 is 0 Å². The fourth-order valence-corrected chi connectivity index (χ4v) is 2.87. The number of benzene rings is 1. The minimum absolute atomic E-state index is 0.0985. The van der Waals surface area contributed by atoms with Gasteiger partial charge in [0.15, 0.2) is 11.6 Å². The molecule has 3 heteroatoms. The molecule has 1 aromatic heterocycles. The fraction of sp³-hybridized carbons (Fsp3) is 0.118. The van der Waals surface area contributed by atoms with Crippen LogP contribution in [0.25, 0.3) is 10.9 Å². The standard InChI is InChI=1S/C17H12N2O/c1-10-11-6-2-4-8-13(11)18-17-15(10)16(20)12-7-3-5-9-14(12)19-17/h2-9,12H,1H3. The second-order valence-corrected chi connectivity index (χ2v) is 5.08. The number of rotatable bonds is 0. The van der Waals surface area contributed by atoms with Gasteiger partial charge >= 0.3 is 0 Å². The number of nitrogens with zero attached hydrogens (tertiary/aromatic N) is 2. The van der Waals surface area contributed by atoms with Crippen LogP contribution in [0.4, 0.5) is 5.82 Å². The third-order valence-electron chi connectivity index (χ3n) is 3.90. The number of aromatic nitrogens is 1. The van der Waals surface area contributed by atoms with Gasteiger partial charge < -0.3 is 0 Å². The summed E-state index contributed by atoms with van der Waals surface area (Å²) < 4.78 is 0. The van der Waals surface area contributed by atoms with Crippen LogP contribution in [-0.4, -0.2) is 16.5 Å². The minimum Gasteiger partial charge on any atom is -0.293 e. The number of Topliss-reactive ketones (excluding diaryl/α,β-unsaturated/α-hetero) is 1. The number of pyridine rings is 1. The molecule has 1 aromatic carbocycles. The van der Waals surface area contributed by atoms with Gasteiger partial charge in [0.05, 0.1) is 22.7 Å². The van der Waals surface area contributed by atoms with Crippen molar-refractivity contribution in [1.29, 1.82) is 0 Å². The van der Waals surface area contributed by atoms with Crippen LogP contribution in [0.15, 0.2) is 53.6 Å². The molecule has 2 heterocycles. The molecule has 0 amide bonds. The Bertz CT molecular complexity index is 843. The van der Waals surface area contributed by atoms with Gasteiger partial charge in [0.1, 0.15) is 0 Å². The molecular weight excluding hydrogens is 248 g/mol. The quantitative estimate of drug-likeness (QED) is 0.727. The monoisotopic (exact) mass is 260 g/mol. The lowest BCUT2D eigenvalue weighted by Crippen LogP contribution is -2.27. The van der Waals surface area contributed by atoms with Gasteiger partial charge in [0.2, 0.25) is 0 Å². The van der Waals surface area contributed by atoms with E-state index in [0.717, 1.165) is 22.2 Å². The third kappa shape index (κ3) is 1.43. The summed E-state index contributed by atoms with van der Waals surface area (Å²) in [6.07, 6.45) is 7.59. The molecule has 1 aliphatic heterocycles. The number of ketones is 1. The predicted octanol–water partition coefficient (Wildman–Crippen LogP) is 3.55. The summed E-state index contributed by atoms with van der Waals surface area (Å²) in [5.74, 6) is 0.396. The molecule has 0 spiro atoms. The zero-order valence-corrected chi connectivity index (χ0v) is 11.0. The van der Waals surface area contributed by atoms with Crippen molar-refractivity contribution in [3.05, 3.63) is 59.7 Å². The molecule has 0 fully saturated rings. The summed E-state index contributed by atoms with van der Waals surface area (Å²) in [4.78, 5) is 21.8. The van der Waals surface area contributed by atoms with Crippen LogP contribution in [-0.2, 0) is 0 Å². The first kappa shape index (κ1) is 11.3. The lowest BCUT2D eigenvalue weighted by Gasteiger charge is -2.22. The van der Waals surface area contributed by atoms with Gasteiger partial charge in [-0.25, -0.2) is 9.98 Å². The SMILES string of the molecule is Cc1c2c(nc3ccccc13)N=C1C=CC=CC1C2=O. The molecule has 0 radical (unpaired) electrons. The zero-order chi connectivity index (χ0) is 13.7. The number of hydrogen-bond donors (Lipinski definition) is 0. The Balaban J connectivity index is 2.08. The number of aliphatic imine (C=N–C) groups is 1. The summed E-state index contributed by atoms with van der Waals surface area (Å²) in [5.41, 5.74) is 3.31. The summed E-state index contributed by atoms with van der Waals surface area (Å²) in [7, 11) is 0. The maximum absolute atomic E-state index is 12.7. The molecule has 3 nitrogen and oxygen atoms in total. The second kappa shape index (κ2) is 3.97. The number of carbonyl (C=O) groups is 1. The highest BCUT2D eigenvalue weighted by molar-refractivity contribution is 6.24. The van der Waals surface area contributed by atoms with Crippen molar-refractivity contribution < 1.29 is 4.79 Å². The number of fused-ring (bicyclic) bond motifs is 3. The summed E-state index contributed by atoms with van der Waals surface area (Å²) in [5, 5.41) is 1.02. The Morgan fingerprint density at radius 3 is 2.90 bits per heavy atom. The first-order chi connectivity index (χ1) is 9.75. The largest absolute Gasteiger partial charge is 0.293 e. The van der Waals surface area contributed by atoms with Crippen LogP contribution in [0, 0.1) is 12.8 Å². The molecule has 2 aliphatic rings. The smallest absolute Gasteiger partial charge is 0.179 e. The molecule has 1 unspecified atom stereocenters. The Morgan fingerprint density at radius 2 is 2.00 bits per heavy atom. The van der Waals surface area contributed by atoms with E-state index >= 15 is 0 Å². The molecule has 2 aromatic rings. The minimum atomic E-state index is -0.255. The normalized spacial score (nSPS) is 19.8. The fourth-order valence-electron chi connectivity index (χ4n) is 2.87. The van der Waals surface area contributed by atoms with Crippen LogP contribution >= 0.6 is 0 Å². The van der Waals surface area contributed by atoms with Crippen molar-refractivity contribution in [2.45, 2.75) is 6.92 Å². The molecule has 1 atom stereocenters. The highest BCUT2D eigenvalue weighted by Crippen LogP contribution is 2.35. The average molecular weight is 260 g/mol. The Kier molecular flexibility index (Phi) is 2.24. The van der Waals surface area contributed by atoms with E-state index in [2.05, 4.69) is 9.98 Å². The number of carbonyl (C=O) groups excluding carboxylic acids is 1. The molecular formula is C17H12N2O. The van der Waals surface area contributed by atoms with Crippen LogP contribution in [0.1, 0.15) is 15.9 Å². The van der Waals surface area contributed by atoms with E-state index in [9.17, 15) is 4.79 Å². The van der Waals surface area contributed by atoms with Gasteiger partial charge in [-0.15, -0.1) is 0 Å². The first-order valence-corrected chi connectivity index (χ1v) is 6.63. The van der Waals surface area contributed by atoms with Crippen molar-refractivity contribution in [3.8, 4) is 0 Å². The van der Waals surface area contributed by atoms with E-state index in [4.69, 9.17) is 0 Å². The van der Waals surface area contributed by atoms with Crippen molar-refractivity contribution >= 4 is 28.2 Å². The lowest BCUT2D eigenvalue weighted by atomic mass is 9.85. The maximum Gasteiger partial charge on any atom is 0.179 e. The van der Waals surface area contributed by atoms with E-state index in [1.54, 1.807) is 0 Å². The Hall–Kier alpha value is -2.55. The van der Waals surface area contributed by atoms with Gasteiger partial charge in [0.25, 0.3) is 0 Å². The first-order valence-electron chi connectivity index (χ1n) is 6.63. The molecule has 4 rings (SSSR count). The van der Waals surface area contributed by atoms with Crippen molar-refractivity contribution in [3.63, 3.8) is 0 Å². The van der Waals surface area contributed by atoms with Gasteiger partial charge in [-0.2, -0.15) is 0 Å². The summed E-state index contributed by atoms with van der Waals surface area (Å²) in [6, 6.07) is 7.87. The van der Waals surface area contributed by atoms with Crippen LogP contribution < -0.4 is 0 Å². The molecule has 0 saturated heterocycles. The van der Waals surface area contributed by atoms with Crippen LogP contribution in [0.3, 0.4) is 0 Å². The number of para-hydroxylation sites is 1. The number of allylic oxidation sites excluding steroid dienone is 4. The second-order valence-electron chi connectivity index (χ2n) is 5.08. The van der Waals surface area contributed by atoms with E-state index in [-0.39, 0.29) is 11.7 Å². The van der Waals surface area contributed by atoms with Crippen molar-refractivity contribution in [1.82, 2.24) is 4.98 Å². The number of hydrogen-bond acceptors (Lipinski definition) is 3. The zero-order valence-electron chi connectivity index (χ0n) is 11.0. The Morgan fingerprint density at radius 1 is 1.15 bits per heavy atom. The van der Waals surface area contributed by atoms with E-state index in [1.807, 2.05) is 55.5 Å². The Labute approximate surface area is 116 Å². The van der Waals surface area contributed by atoms with Gasteiger partial charge in [0, 0.05) is 5.39 Å². The van der Waals surface area contributed by atoms with Gasteiger partial charge in [-0.05, 0) is 24.6 Å². The molecule has 96 valence electrons. The summed E-state index contributed by atoms with van der Waals surface area (Å²) >= 11 is 0. The van der Waals surface area contributed by atoms with Crippen molar-refractivity contribution in [2.75, 3.05) is 0 Å². The van der Waals surface area contributed by atoms with Crippen molar-refractivity contribution in [2.24, 2.45) is 10.9 Å². The highest BCUT2D eigenvalue weighted by atomic mass is 16.1. The lowest BCUT2D eigenvalue weighted by molar-refractivity contribution is 0.0970. The van der Waals surface area contributed by atoms with E-state index in [1.165, 1.54) is 0 Å². The van der Waals surface area contributed by atoms with Crippen LogP contribution in [0.5, 0.6) is 0 Å². The third-order valence-corrected chi connectivity index (χ3v) is 3.90. The highest BCUT2D eigenvalue weighted by Gasteiger charge is 2.32. The molecule has 0 bridgehead atoms. The van der Waals surface area contributed by atoms with Gasteiger partial charge in [-0.3, -0.25) is 4.79 Å². The molecule has 1 aliphatic carbocycles. The topological polar surface area (TPSA) is 42.3 Å². The predicted molar refractivity (Wildman–Crippen MR) is 79.7 cm³/mol. The molecule has 0 saturated carbocycles.